The maximum absolute atomic E-state index is 13.6. The van der Waals surface area contributed by atoms with E-state index in [-0.39, 0.29) is 17.6 Å². The number of esters is 1. The minimum atomic E-state index is -0.554. The normalized spacial score (nSPS) is 13.7. The Balaban J connectivity index is 1.17. The van der Waals surface area contributed by atoms with Crippen molar-refractivity contribution in [1.82, 2.24) is 9.88 Å². The summed E-state index contributed by atoms with van der Waals surface area (Å²) in [6.07, 6.45) is 3.41. The van der Waals surface area contributed by atoms with Crippen molar-refractivity contribution < 1.29 is 23.1 Å². The number of hydrogen-bond acceptors (Lipinski definition) is 6. The van der Waals surface area contributed by atoms with E-state index in [4.69, 9.17) is 10.5 Å². The molecular formula is C33H32F2N4O3. The van der Waals surface area contributed by atoms with Crippen molar-refractivity contribution in [3.8, 4) is 5.75 Å². The van der Waals surface area contributed by atoms with Gasteiger partial charge in [-0.2, -0.15) is 0 Å². The van der Waals surface area contributed by atoms with Crippen molar-refractivity contribution >= 4 is 17.7 Å². The number of piperazine rings is 1. The summed E-state index contributed by atoms with van der Waals surface area (Å²) in [6.45, 7) is 3.88. The van der Waals surface area contributed by atoms with Crippen LogP contribution < -0.4 is 15.4 Å². The average Bonchev–Trinajstić information content (AvgIpc) is 3.01. The first-order chi connectivity index (χ1) is 20.4. The van der Waals surface area contributed by atoms with Crippen molar-refractivity contribution in [2.75, 3.05) is 37.6 Å². The third-order valence-electron chi connectivity index (χ3n) is 7.54. The summed E-state index contributed by atoms with van der Waals surface area (Å²) < 4.78 is 32.6. The molecule has 216 valence electrons. The predicted molar refractivity (Wildman–Crippen MR) is 157 cm³/mol. The number of ether oxygens (including phenoxy) is 1. The number of benzene rings is 3. The van der Waals surface area contributed by atoms with Gasteiger partial charge in [0.2, 0.25) is 5.91 Å². The minimum absolute atomic E-state index is 0.0431. The molecule has 2 N–H and O–H groups in total. The van der Waals surface area contributed by atoms with Crippen LogP contribution in [-0.2, 0) is 0 Å². The number of primary amides is 1. The highest BCUT2D eigenvalue weighted by Crippen LogP contribution is 2.30. The third-order valence-corrected chi connectivity index (χ3v) is 7.54. The van der Waals surface area contributed by atoms with Gasteiger partial charge in [-0.3, -0.25) is 9.69 Å². The number of nitrogens with two attached hydrogens (primary N) is 1. The molecule has 2 heterocycles. The van der Waals surface area contributed by atoms with Crippen LogP contribution >= 0.6 is 0 Å². The van der Waals surface area contributed by atoms with E-state index < -0.39 is 11.9 Å². The van der Waals surface area contributed by atoms with Crippen LogP contribution in [0.2, 0.25) is 0 Å². The monoisotopic (exact) mass is 570 g/mol. The second-order valence-electron chi connectivity index (χ2n) is 10.3. The Morgan fingerprint density at radius 1 is 0.833 bits per heavy atom. The second kappa shape index (κ2) is 13.4. The van der Waals surface area contributed by atoms with Crippen LogP contribution in [0.25, 0.3) is 0 Å². The second-order valence-corrected chi connectivity index (χ2v) is 10.3. The molecule has 3 aromatic carbocycles. The number of amides is 1. The summed E-state index contributed by atoms with van der Waals surface area (Å²) >= 11 is 0. The summed E-state index contributed by atoms with van der Waals surface area (Å²) in [7, 11) is 0. The average molecular weight is 571 g/mol. The van der Waals surface area contributed by atoms with Crippen LogP contribution in [-0.4, -0.2) is 54.5 Å². The first-order valence-corrected chi connectivity index (χ1v) is 13.9. The quantitative estimate of drug-likeness (QED) is 0.203. The van der Waals surface area contributed by atoms with Gasteiger partial charge in [0, 0.05) is 43.9 Å². The molecule has 1 aliphatic heterocycles. The Hall–Kier alpha value is -4.63. The van der Waals surface area contributed by atoms with Gasteiger partial charge in [0.05, 0.1) is 0 Å². The first-order valence-electron chi connectivity index (χ1n) is 13.9. The van der Waals surface area contributed by atoms with Crippen LogP contribution in [0.4, 0.5) is 14.6 Å². The van der Waals surface area contributed by atoms with Gasteiger partial charge in [0.1, 0.15) is 28.8 Å². The molecule has 1 aromatic heterocycles. The number of anilines is 1. The van der Waals surface area contributed by atoms with Crippen LogP contribution in [0.3, 0.4) is 0 Å². The lowest BCUT2D eigenvalue weighted by Gasteiger charge is -2.36. The lowest BCUT2D eigenvalue weighted by molar-refractivity contribution is 0.0734. The summed E-state index contributed by atoms with van der Waals surface area (Å²) in [4.78, 5) is 33.3. The van der Waals surface area contributed by atoms with Gasteiger partial charge in [0.25, 0.3) is 0 Å². The first kappa shape index (κ1) is 28.9. The molecule has 0 unspecified atom stereocenters. The number of carbonyl (C=O) groups excluding carboxylic acids is 2. The van der Waals surface area contributed by atoms with Gasteiger partial charge >= 0.3 is 5.97 Å². The van der Waals surface area contributed by atoms with E-state index in [2.05, 4.69) is 14.8 Å². The number of pyridine rings is 1. The predicted octanol–water partition coefficient (Wildman–Crippen LogP) is 5.41. The van der Waals surface area contributed by atoms with E-state index >= 15 is 0 Å². The van der Waals surface area contributed by atoms with E-state index in [0.717, 1.165) is 43.6 Å². The van der Waals surface area contributed by atoms with Crippen LogP contribution in [0, 0.1) is 11.6 Å². The van der Waals surface area contributed by atoms with Crippen LogP contribution in [0.5, 0.6) is 5.75 Å². The molecule has 7 nitrogen and oxygen atoms in total. The van der Waals surface area contributed by atoms with Crippen molar-refractivity contribution in [2.45, 2.75) is 18.8 Å². The van der Waals surface area contributed by atoms with E-state index in [9.17, 15) is 18.4 Å². The number of rotatable bonds is 10. The highest BCUT2D eigenvalue weighted by molar-refractivity contribution is 5.96. The molecule has 1 saturated heterocycles. The Bertz CT molecular complexity index is 1460. The van der Waals surface area contributed by atoms with Gasteiger partial charge < -0.3 is 15.4 Å². The minimum Gasteiger partial charge on any atom is -0.423 e. The Labute approximate surface area is 243 Å². The van der Waals surface area contributed by atoms with Crippen molar-refractivity contribution in [3.05, 3.63) is 125 Å². The Morgan fingerprint density at radius 3 is 2.00 bits per heavy atom. The molecule has 0 aliphatic carbocycles. The molecule has 0 bridgehead atoms. The van der Waals surface area contributed by atoms with Crippen LogP contribution in [0.1, 0.15) is 50.6 Å². The fraction of sp³-hybridized carbons (Fsp3) is 0.242. The SMILES string of the molecule is NC(=O)c1ccc(OC(=O)c2cccnc2N2CCN(CCCC(c3ccc(F)cc3)c3ccc(F)cc3)CC2)cc1. The molecule has 0 atom stereocenters. The molecule has 9 heteroatoms. The molecule has 1 aliphatic rings. The fourth-order valence-corrected chi connectivity index (χ4v) is 5.28. The Morgan fingerprint density at radius 2 is 1.43 bits per heavy atom. The largest absolute Gasteiger partial charge is 0.423 e. The number of carbonyl (C=O) groups is 2. The number of hydrogen-bond donors (Lipinski definition) is 1. The number of aromatic nitrogens is 1. The van der Waals surface area contributed by atoms with Crippen molar-refractivity contribution in [2.24, 2.45) is 5.73 Å². The van der Waals surface area contributed by atoms with Gasteiger partial charge in [-0.05, 0) is 91.2 Å². The van der Waals surface area contributed by atoms with Gasteiger partial charge in [-0.25, -0.2) is 18.6 Å². The summed E-state index contributed by atoms with van der Waals surface area (Å²) in [6, 6.07) is 22.5. The van der Waals surface area contributed by atoms with Crippen molar-refractivity contribution in [3.63, 3.8) is 0 Å². The van der Waals surface area contributed by atoms with Gasteiger partial charge in [-0.15, -0.1) is 0 Å². The summed E-state index contributed by atoms with van der Waals surface area (Å²) in [5.74, 6) is -0.716. The van der Waals surface area contributed by atoms with E-state index in [1.807, 2.05) is 0 Å². The van der Waals surface area contributed by atoms with E-state index in [1.54, 1.807) is 42.6 Å². The zero-order valence-electron chi connectivity index (χ0n) is 23.1. The summed E-state index contributed by atoms with van der Waals surface area (Å²) in [5, 5.41) is 0. The molecule has 0 saturated carbocycles. The number of halogens is 2. The molecule has 1 amide bonds. The van der Waals surface area contributed by atoms with E-state index in [0.29, 0.717) is 35.8 Å². The topological polar surface area (TPSA) is 88.8 Å². The van der Waals surface area contributed by atoms with Gasteiger partial charge in [-0.1, -0.05) is 24.3 Å². The zero-order valence-corrected chi connectivity index (χ0v) is 23.1. The zero-order chi connectivity index (χ0) is 29.5. The lowest BCUT2D eigenvalue weighted by atomic mass is 9.87. The molecular weight excluding hydrogens is 538 g/mol. The third kappa shape index (κ3) is 7.16. The lowest BCUT2D eigenvalue weighted by Crippen LogP contribution is -2.47. The van der Waals surface area contributed by atoms with Crippen LogP contribution in [0.15, 0.2) is 91.1 Å². The standard InChI is InChI=1S/C33H32F2N4O3/c34-26-11-5-23(6-12-26)29(24-7-13-27(35)14-8-24)4-2-18-38-19-21-39(22-20-38)32-30(3-1-17-37-32)33(41)42-28-15-9-25(10-16-28)31(36)40/h1,3,5-17,29H,2,4,18-22H2,(H2,36,40). The molecule has 42 heavy (non-hydrogen) atoms. The highest BCUT2D eigenvalue weighted by Gasteiger charge is 2.24. The molecule has 0 radical (unpaired) electrons. The Kier molecular flexibility index (Phi) is 9.18. The molecule has 4 aromatic rings. The van der Waals surface area contributed by atoms with Gasteiger partial charge in [0.15, 0.2) is 0 Å². The fourth-order valence-electron chi connectivity index (χ4n) is 5.28. The molecule has 1 fully saturated rings. The summed E-state index contributed by atoms with van der Waals surface area (Å²) in [5.41, 5.74) is 7.99. The van der Waals surface area contributed by atoms with Crippen molar-refractivity contribution in [1.29, 1.82) is 0 Å². The number of nitrogens with zero attached hydrogens (tertiary/aromatic N) is 3. The maximum atomic E-state index is 13.6. The molecule has 0 spiro atoms. The van der Waals surface area contributed by atoms with E-state index in [1.165, 1.54) is 48.5 Å². The molecule has 5 rings (SSSR count). The highest BCUT2D eigenvalue weighted by atomic mass is 19.1. The maximum Gasteiger partial charge on any atom is 0.347 e. The smallest absolute Gasteiger partial charge is 0.347 e.